The fourth-order valence-electron chi connectivity index (χ4n) is 8.34. The van der Waals surface area contributed by atoms with Crippen molar-refractivity contribution < 1.29 is 4.42 Å². The Kier molecular flexibility index (Phi) is 6.13. The minimum absolute atomic E-state index is 0.478. The summed E-state index contributed by atoms with van der Waals surface area (Å²) in [5, 5.41) is 4.72. The van der Waals surface area contributed by atoms with E-state index in [0.29, 0.717) is 0 Å². The van der Waals surface area contributed by atoms with E-state index in [1.807, 2.05) is 6.07 Å². The lowest BCUT2D eigenvalue weighted by molar-refractivity contribution is 0.669. The summed E-state index contributed by atoms with van der Waals surface area (Å²) in [6, 6.07) is 68.0. The summed E-state index contributed by atoms with van der Waals surface area (Å²) in [5.41, 5.74) is 12.2. The van der Waals surface area contributed by atoms with Gasteiger partial charge in [-0.1, -0.05) is 146 Å². The zero-order valence-corrected chi connectivity index (χ0v) is 26.8. The Morgan fingerprint density at radius 1 is 0.429 bits per heavy atom. The summed E-state index contributed by atoms with van der Waals surface area (Å²) >= 11 is 0. The molecule has 1 aliphatic carbocycles. The highest BCUT2D eigenvalue weighted by atomic mass is 16.3. The van der Waals surface area contributed by atoms with Crippen LogP contribution in [0.15, 0.2) is 192 Å². The third kappa shape index (κ3) is 4.01. The van der Waals surface area contributed by atoms with E-state index < -0.39 is 5.41 Å². The molecule has 8 aromatic carbocycles. The van der Waals surface area contributed by atoms with Crippen molar-refractivity contribution >= 4 is 49.8 Å². The smallest absolute Gasteiger partial charge is 0.137 e. The molecule has 9 aromatic rings. The summed E-state index contributed by atoms with van der Waals surface area (Å²) in [6.45, 7) is 0. The highest BCUT2D eigenvalue weighted by Crippen LogP contribution is 2.59. The van der Waals surface area contributed by atoms with Gasteiger partial charge in [0, 0.05) is 16.8 Å². The van der Waals surface area contributed by atoms with Crippen molar-refractivity contribution in [3.8, 4) is 11.1 Å². The van der Waals surface area contributed by atoms with Gasteiger partial charge in [0.15, 0.2) is 0 Å². The van der Waals surface area contributed by atoms with Gasteiger partial charge in [-0.3, -0.25) is 0 Å². The predicted molar refractivity (Wildman–Crippen MR) is 203 cm³/mol. The van der Waals surface area contributed by atoms with Crippen molar-refractivity contribution in [3.63, 3.8) is 0 Å². The molecule has 0 spiro atoms. The van der Waals surface area contributed by atoms with Gasteiger partial charge < -0.3 is 9.32 Å². The van der Waals surface area contributed by atoms with Crippen LogP contribution in [0.1, 0.15) is 22.3 Å². The molecule has 0 fully saturated rings. The lowest BCUT2D eigenvalue weighted by Gasteiger charge is -2.34. The van der Waals surface area contributed by atoms with Crippen LogP contribution in [0.25, 0.3) is 43.8 Å². The van der Waals surface area contributed by atoms with Crippen LogP contribution >= 0.6 is 0 Å². The third-order valence-corrected chi connectivity index (χ3v) is 10.3. The van der Waals surface area contributed by atoms with Crippen molar-refractivity contribution in [1.82, 2.24) is 0 Å². The molecule has 2 heteroatoms. The normalized spacial score (nSPS) is 13.1. The standard InChI is InChI=1S/C47H31NO/c1-4-16-33(17-5-1)47(34-18-6-2-7-19-34)40-30-28-36(31-39(40)45-37-22-11-10-15-32(37)27-29-41(45)47)48(35-20-8-3-9-21-35)42-24-14-26-44-46(42)38-23-12-13-25-43(38)49-44/h1-31H. The van der Waals surface area contributed by atoms with E-state index in [-0.39, 0.29) is 0 Å². The second-order valence-electron chi connectivity index (χ2n) is 12.8. The van der Waals surface area contributed by atoms with Gasteiger partial charge in [0.1, 0.15) is 11.2 Å². The largest absolute Gasteiger partial charge is 0.456 e. The first kappa shape index (κ1) is 27.7. The number of fused-ring (bicyclic) bond motifs is 8. The molecule has 0 unspecified atom stereocenters. The highest BCUT2D eigenvalue weighted by molar-refractivity contribution is 6.13. The molecule has 0 saturated heterocycles. The van der Waals surface area contributed by atoms with Crippen LogP contribution in [0, 0.1) is 0 Å². The van der Waals surface area contributed by atoms with Gasteiger partial charge in [0.2, 0.25) is 0 Å². The number of hydrogen-bond acceptors (Lipinski definition) is 2. The van der Waals surface area contributed by atoms with E-state index in [2.05, 4.69) is 187 Å². The van der Waals surface area contributed by atoms with Crippen LogP contribution < -0.4 is 4.90 Å². The Hall–Kier alpha value is -6.38. The summed E-state index contributed by atoms with van der Waals surface area (Å²) < 4.78 is 6.38. The van der Waals surface area contributed by atoms with Gasteiger partial charge in [-0.25, -0.2) is 0 Å². The van der Waals surface area contributed by atoms with E-state index >= 15 is 0 Å². The molecule has 0 saturated carbocycles. The molecular weight excluding hydrogens is 595 g/mol. The third-order valence-electron chi connectivity index (χ3n) is 10.3. The van der Waals surface area contributed by atoms with Crippen molar-refractivity contribution in [1.29, 1.82) is 0 Å². The molecule has 49 heavy (non-hydrogen) atoms. The summed E-state index contributed by atoms with van der Waals surface area (Å²) in [7, 11) is 0. The maximum absolute atomic E-state index is 6.38. The second kappa shape index (κ2) is 10.8. The molecule has 0 radical (unpaired) electrons. The monoisotopic (exact) mass is 625 g/mol. The lowest BCUT2D eigenvalue weighted by Crippen LogP contribution is -2.28. The molecule has 1 aliphatic rings. The predicted octanol–water partition coefficient (Wildman–Crippen LogP) is 12.6. The Balaban J connectivity index is 1.31. The van der Waals surface area contributed by atoms with Crippen molar-refractivity contribution in [2.75, 3.05) is 4.90 Å². The Morgan fingerprint density at radius 3 is 1.80 bits per heavy atom. The number of nitrogens with zero attached hydrogens (tertiary/aromatic N) is 1. The van der Waals surface area contributed by atoms with Gasteiger partial charge in [0.05, 0.1) is 16.5 Å². The first-order valence-electron chi connectivity index (χ1n) is 16.9. The molecule has 230 valence electrons. The van der Waals surface area contributed by atoms with Gasteiger partial charge >= 0.3 is 0 Å². The molecule has 0 bridgehead atoms. The van der Waals surface area contributed by atoms with Crippen LogP contribution in [0.3, 0.4) is 0 Å². The highest BCUT2D eigenvalue weighted by Gasteiger charge is 2.46. The topological polar surface area (TPSA) is 16.4 Å². The molecule has 1 heterocycles. The van der Waals surface area contributed by atoms with E-state index in [1.165, 1.54) is 44.2 Å². The Labute approximate surface area is 285 Å². The van der Waals surface area contributed by atoms with Crippen LogP contribution in [0.5, 0.6) is 0 Å². The fourth-order valence-corrected chi connectivity index (χ4v) is 8.34. The lowest BCUT2D eigenvalue weighted by atomic mass is 9.67. The maximum atomic E-state index is 6.38. The number of benzene rings is 8. The van der Waals surface area contributed by atoms with E-state index in [4.69, 9.17) is 4.42 Å². The van der Waals surface area contributed by atoms with Gasteiger partial charge in [-0.15, -0.1) is 0 Å². The molecule has 10 rings (SSSR count). The summed E-state index contributed by atoms with van der Waals surface area (Å²) in [5.74, 6) is 0. The Bertz CT molecular complexity index is 2620. The van der Waals surface area contributed by atoms with Crippen LogP contribution in [-0.4, -0.2) is 0 Å². The zero-order valence-electron chi connectivity index (χ0n) is 26.8. The number of hydrogen-bond donors (Lipinski definition) is 0. The first-order chi connectivity index (χ1) is 24.3. The van der Waals surface area contributed by atoms with Crippen molar-refractivity contribution in [2.45, 2.75) is 5.41 Å². The second-order valence-corrected chi connectivity index (χ2v) is 12.8. The minimum Gasteiger partial charge on any atom is -0.456 e. The van der Waals surface area contributed by atoms with Crippen molar-refractivity contribution in [2.24, 2.45) is 0 Å². The molecule has 0 atom stereocenters. The van der Waals surface area contributed by atoms with Crippen LogP contribution in [0.4, 0.5) is 17.1 Å². The minimum atomic E-state index is -0.478. The number of rotatable bonds is 5. The van der Waals surface area contributed by atoms with Crippen LogP contribution in [-0.2, 0) is 5.41 Å². The quantitative estimate of drug-likeness (QED) is 0.189. The molecule has 0 N–H and O–H groups in total. The molecular formula is C47H31NO. The zero-order chi connectivity index (χ0) is 32.4. The van der Waals surface area contributed by atoms with E-state index in [1.54, 1.807) is 0 Å². The number of furan rings is 1. The van der Waals surface area contributed by atoms with Crippen LogP contribution in [0.2, 0.25) is 0 Å². The molecule has 0 aliphatic heterocycles. The number of anilines is 3. The van der Waals surface area contributed by atoms with E-state index in [9.17, 15) is 0 Å². The molecule has 1 aromatic heterocycles. The van der Waals surface area contributed by atoms with Crippen molar-refractivity contribution in [3.05, 3.63) is 210 Å². The van der Waals surface area contributed by atoms with E-state index in [0.717, 1.165) is 39.0 Å². The summed E-state index contributed by atoms with van der Waals surface area (Å²) in [4.78, 5) is 2.39. The van der Waals surface area contributed by atoms with Gasteiger partial charge in [-0.2, -0.15) is 0 Å². The SMILES string of the molecule is c1ccc(N(c2ccc3c(c2)-c2c(ccc4ccccc24)C3(c2ccccc2)c2ccccc2)c2cccc3oc4ccccc4c23)cc1. The molecule has 2 nitrogen and oxygen atoms in total. The summed E-state index contributed by atoms with van der Waals surface area (Å²) in [6.07, 6.45) is 0. The fraction of sp³-hybridized carbons (Fsp3) is 0.0213. The Morgan fingerprint density at radius 2 is 1.04 bits per heavy atom. The van der Waals surface area contributed by atoms with Gasteiger partial charge in [0.25, 0.3) is 0 Å². The maximum Gasteiger partial charge on any atom is 0.137 e. The first-order valence-corrected chi connectivity index (χ1v) is 16.9. The molecule has 0 amide bonds. The number of para-hydroxylation sites is 2. The average molecular weight is 626 g/mol. The average Bonchev–Trinajstić information content (AvgIpc) is 3.70. The van der Waals surface area contributed by atoms with Gasteiger partial charge in [-0.05, 0) is 86.6 Å².